The molecule has 3 aromatic rings. The third-order valence-electron chi connectivity index (χ3n) is 5.83. The zero-order valence-electron chi connectivity index (χ0n) is 16.9. The molecule has 2 fully saturated rings. The molecule has 7 heteroatoms. The van der Waals surface area contributed by atoms with Crippen molar-refractivity contribution in [3.05, 3.63) is 54.1 Å². The molecule has 1 amide bonds. The normalized spacial score (nSPS) is 19.3. The molecule has 1 atom stereocenters. The van der Waals surface area contributed by atoms with Gasteiger partial charge in [-0.05, 0) is 24.1 Å². The highest BCUT2D eigenvalue weighted by molar-refractivity contribution is 6.06. The number of ether oxygens (including phenoxy) is 2. The van der Waals surface area contributed by atoms with Gasteiger partial charge in [0.25, 0.3) is 0 Å². The summed E-state index contributed by atoms with van der Waals surface area (Å²) in [5, 5.41) is 8.93. The molecule has 156 valence electrons. The maximum Gasteiger partial charge on any atom is 0.231 e. The summed E-state index contributed by atoms with van der Waals surface area (Å²) in [6, 6.07) is 16.5. The average Bonchev–Trinajstić information content (AvgIpc) is 3.44. The van der Waals surface area contributed by atoms with Gasteiger partial charge in [-0.2, -0.15) is 5.10 Å². The Bertz CT molecular complexity index is 1020. The predicted octanol–water partition coefficient (Wildman–Crippen LogP) is 2.90. The van der Waals surface area contributed by atoms with Gasteiger partial charge in [-0.15, -0.1) is 0 Å². The molecule has 2 aliphatic heterocycles. The number of hydrogen-bond donors (Lipinski definition) is 1. The number of fused-ring (bicyclic) bond motifs is 1. The summed E-state index contributed by atoms with van der Waals surface area (Å²) < 4.78 is 12.9. The monoisotopic (exact) mass is 406 g/mol. The number of rotatable bonds is 5. The topological polar surface area (TPSA) is 68.6 Å². The van der Waals surface area contributed by atoms with E-state index in [2.05, 4.69) is 40.5 Å². The van der Waals surface area contributed by atoms with Gasteiger partial charge >= 0.3 is 0 Å². The summed E-state index contributed by atoms with van der Waals surface area (Å²) in [4.78, 5) is 15.2. The molecule has 3 heterocycles. The third-order valence-corrected chi connectivity index (χ3v) is 5.83. The lowest BCUT2D eigenvalue weighted by Gasteiger charge is -2.29. The molecular formula is C23H26N4O3. The summed E-state index contributed by atoms with van der Waals surface area (Å²) >= 11 is 0. The first kappa shape index (κ1) is 19.1. The molecule has 0 bridgehead atoms. The van der Waals surface area contributed by atoms with E-state index in [-0.39, 0.29) is 11.8 Å². The molecule has 2 aromatic carbocycles. The Kier molecular flexibility index (Phi) is 5.38. The number of amides is 1. The number of hydrogen-bond acceptors (Lipinski definition) is 5. The van der Waals surface area contributed by atoms with Crippen LogP contribution in [0.15, 0.2) is 48.5 Å². The summed E-state index contributed by atoms with van der Waals surface area (Å²) in [6.45, 7) is 4.82. The molecule has 2 saturated heterocycles. The van der Waals surface area contributed by atoms with Crippen molar-refractivity contribution in [2.45, 2.75) is 13.0 Å². The van der Waals surface area contributed by atoms with Gasteiger partial charge in [0.15, 0.2) is 5.82 Å². The molecule has 5 rings (SSSR count). The third kappa shape index (κ3) is 3.78. The van der Waals surface area contributed by atoms with E-state index in [9.17, 15) is 4.79 Å². The van der Waals surface area contributed by atoms with Crippen molar-refractivity contribution >= 4 is 28.3 Å². The van der Waals surface area contributed by atoms with Crippen LogP contribution in [-0.4, -0.2) is 55.2 Å². The Morgan fingerprint density at radius 2 is 1.87 bits per heavy atom. The highest BCUT2D eigenvalue weighted by atomic mass is 16.5. The van der Waals surface area contributed by atoms with Gasteiger partial charge < -0.3 is 19.7 Å². The first-order valence-corrected chi connectivity index (χ1v) is 10.5. The second kappa shape index (κ2) is 8.45. The maximum atomic E-state index is 12.8. The van der Waals surface area contributed by atoms with Crippen LogP contribution in [0.4, 0.5) is 11.5 Å². The van der Waals surface area contributed by atoms with Gasteiger partial charge in [0.2, 0.25) is 5.91 Å². The van der Waals surface area contributed by atoms with Crippen molar-refractivity contribution < 1.29 is 14.3 Å². The molecule has 0 spiro atoms. The highest BCUT2D eigenvalue weighted by Crippen LogP contribution is 2.34. The second-order valence-electron chi connectivity index (χ2n) is 7.81. The minimum atomic E-state index is -0.116. The van der Waals surface area contributed by atoms with Crippen LogP contribution in [0.2, 0.25) is 0 Å². The van der Waals surface area contributed by atoms with E-state index in [1.54, 1.807) is 0 Å². The van der Waals surface area contributed by atoms with Crippen molar-refractivity contribution in [1.82, 2.24) is 9.78 Å². The lowest BCUT2D eigenvalue weighted by molar-refractivity contribution is -0.119. The number of anilines is 2. The van der Waals surface area contributed by atoms with Crippen LogP contribution in [0.1, 0.15) is 12.0 Å². The number of carbonyl (C=O) groups is 1. The molecular weight excluding hydrogens is 380 g/mol. The Morgan fingerprint density at radius 1 is 1.03 bits per heavy atom. The number of nitrogens with one attached hydrogen (secondary N) is 1. The van der Waals surface area contributed by atoms with Crippen molar-refractivity contribution in [1.29, 1.82) is 0 Å². The molecule has 30 heavy (non-hydrogen) atoms. The zero-order valence-corrected chi connectivity index (χ0v) is 16.9. The summed E-state index contributed by atoms with van der Waals surface area (Å²) in [5.74, 6) is 0.491. The molecule has 0 unspecified atom stereocenters. The minimum Gasteiger partial charge on any atom is -0.381 e. The number of aromatic nitrogens is 2. The minimum absolute atomic E-state index is 0.0180. The van der Waals surface area contributed by atoms with Crippen LogP contribution in [0, 0.1) is 5.92 Å². The Labute approximate surface area is 175 Å². The van der Waals surface area contributed by atoms with Crippen LogP contribution in [0.25, 0.3) is 10.9 Å². The first-order valence-electron chi connectivity index (χ1n) is 10.5. The Hall–Kier alpha value is -2.90. The van der Waals surface area contributed by atoms with Crippen LogP contribution >= 0.6 is 0 Å². The van der Waals surface area contributed by atoms with E-state index in [0.717, 1.165) is 36.1 Å². The van der Waals surface area contributed by atoms with Gasteiger partial charge in [-0.25, -0.2) is 0 Å². The van der Waals surface area contributed by atoms with Crippen molar-refractivity contribution in [2.24, 2.45) is 5.92 Å². The van der Waals surface area contributed by atoms with Gasteiger partial charge in [-0.1, -0.05) is 36.4 Å². The quantitative estimate of drug-likeness (QED) is 0.706. The fourth-order valence-electron chi connectivity index (χ4n) is 4.20. The zero-order chi connectivity index (χ0) is 20.3. The van der Waals surface area contributed by atoms with Crippen molar-refractivity contribution in [3.8, 4) is 0 Å². The van der Waals surface area contributed by atoms with Crippen molar-refractivity contribution in [3.63, 3.8) is 0 Å². The lowest BCUT2D eigenvalue weighted by atomic mass is 10.1. The molecule has 0 saturated carbocycles. The highest BCUT2D eigenvalue weighted by Gasteiger charge is 2.26. The standard InChI is InChI=1S/C23H26N4O3/c28-23(18-9-12-30-16-18)24-22-21-19(26-10-13-29-14-11-26)7-4-8-20(21)27(25-22)15-17-5-2-1-3-6-17/h1-8,18H,9-16H2,(H,24,25,28)/t18-/m0/s1. The van der Waals surface area contributed by atoms with Gasteiger partial charge in [0, 0.05) is 19.7 Å². The Balaban J connectivity index is 1.56. The van der Waals surface area contributed by atoms with Gasteiger partial charge in [0.05, 0.1) is 48.9 Å². The van der Waals surface area contributed by atoms with E-state index in [0.29, 0.717) is 38.8 Å². The van der Waals surface area contributed by atoms with Crippen molar-refractivity contribution in [2.75, 3.05) is 49.7 Å². The van der Waals surface area contributed by atoms with Crippen LogP contribution in [0.5, 0.6) is 0 Å². The number of morpholine rings is 1. The maximum absolute atomic E-state index is 12.8. The van der Waals surface area contributed by atoms with Crippen LogP contribution in [-0.2, 0) is 20.8 Å². The predicted molar refractivity (Wildman–Crippen MR) is 116 cm³/mol. The fraction of sp³-hybridized carbons (Fsp3) is 0.391. The lowest BCUT2D eigenvalue weighted by Crippen LogP contribution is -2.36. The summed E-state index contributed by atoms with van der Waals surface area (Å²) in [5.41, 5.74) is 3.27. The fourth-order valence-corrected chi connectivity index (χ4v) is 4.20. The molecule has 2 aliphatic rings. The molecule has 1 N–H and O–H groups in total. The number of nitrogens with zero attached hydrogens (tertiary/aromatic N) is 3. The molecule has 1 aromatic heterocycles. The van der Waals surface area contributed by atoms with Crippen LogP contribution < -0.4 is 10.2 Å². The Morgan fingerprint density at radius 3 is 2.63 bits per heavy atom. The molecule has 0 aliphatic carbocycles. The average molecular weight is 406 g/mol. The smallest absolute Gasteiger partial charge is 0.231 e. The summed E-state index contributed by atoms with van der Waals surface area (Å²) in [7, 11) is 0. The van der Waals surface area contributed by atoms with Crippen LogP contribution in [0.3, 0.4) is 0 Å². The van der Waals surface area contributed by atoms with E-state index >= 15 is 0 Å². The largest absolute Gasteiger partial charge is 0.381 e. The van der Waals surface area contributed by atoms with Gasteiger partial charge in [0.1, 0.15) is 0 Å². The van der Waals surface area contributed by atoms with E-state index in [1.165, 1.54) is 5.56 Å². The molecule has 0 radical (unpaired) electrons. The number of benzene rings is 2. The van der Waals surface area contributed by atoms with E-state index < -0.39 is 0 Å². The SMILES string of the molecule is O=C(Nc1nn(Cc2ccccc2)c2cccc(N3CCOCC3)c12)[C@H]1CCOC1. The second-order valence-corrected chi connectivity index (χ2v) is 7.81. The summed E-state index contributed by atoms with van der Waals surface area (Å²) in [6.07, 6.45) is 0.755. The van der Waals surface area contributed by atoms with E-state index in [1.807, 2.05) is 22.9 Å². The van der Waals surface area contributed by atoms with E-state index in [4.69, 9.17) is 14.6 Å². The molecule has 7 nitrogen and oxygen atoms in total. The van der Waals surface area contributed by atoms with Gasteiger partial charge in [-0.3, -0.25) is 9.48 Å². The number of carbonyl (C=O) groups excluding carboxylic acids is 1. The first-order chi connectivity index (χ1) is 14.8.